The van der Waals surface area contributed by atoms with Gasteiger partial charge in [0.05, 0.1) is 5.56 Å². The highest BCUT2D eigenvalue weighted by molar-refractivity contribution is 5.94. The summed E-state index contributed by atoms with van der Waals surface area (Å²) in [4.78, 5) is 19.6. The van der Waals surface area contributed by atoms with Crippen LogP contribution in [0, 0.1) is 11.7 Å². The lowest BCUT2D eigenvalue weighted by atomic mass is 9.88. The summed E-state index contributed by atoms with van der Waals surface area (Å²) in [5.41, 5.74) is 1.39. The summed E-state index contributed by atoms with van der Waals surface area (Å²) >= 11 is 0. The van der Waals surface area contributed by atoms with Gasteiger partial charge in [0, 0.05) is 63.0 Å². The molecule has 0 aromatic heterocycles. The van der Waals surface area contributed by atoms with Crippen molar-refractivity contribution < 1.29 is 22.4 Å². The van der Waals surface area contributed by atoms with Crippen LogP contribution in [0.15, 0.2) is 78.9 Å². The van der Waals surface area contributed by atoms with Crippen LogP contribution < -0.4 is 4.90 Å². The minimum absolute atomic E-state index is 0.0650. The quantitative estimate of drug-likeness (QED) is 0.422. The number of amides is 1. The van der Waals surface area contributed by atoms with Crippen molar-refractivity contribution in [1.82, 2.24) is 9.80 Å². The molecule has 2 atom stereocenters. The van der Waals surface area contributed by atoms with Crippen molar-refractivity contribution in [2.24, 2.45) is 5.92 Å². The topological polar surface area (TPSA) is 26.8 Å². The number of carbonyl (C=O) groups is 1. The smallest absolute Gasteiger partial charge is 0.369 e. The molecule has 0 spiro atoms. The molecule has 2 fully saturated rings. The second-order valence-corrected chi connectivity index (χ2v) is 9.83. The molecule has 0 radical (unpaired) electrons. The van der Waals surface area contributed by atoms with Gasteiger partial charge in [0.15, 0.2) is 0 Å². The Balaban J connectivity index is 1.28. The summed E-state index contributed by atoms with van der Waals surface area (Å²) in [6, 6.07) is 21.2. The fourth-order valence-corrected chi connectivity index (χ4v) is 5.48. The number of nitrogens with zero attached hydrogens (tertiary/aromatic N) is 3. The normalized spacial score (nSPS) is 20.9. The molecule has 3 aromatic rings. The molecule has 2 aliphatic rings. The molecule has 194 valence electrons. The van der Waals surface area contributed by atoms with Gasteiger partial charge in [0.2, 0.25) is 0 Å². The van der Waals surface area contributed by atoms with Gasteiger partial charge in [0.25, 0.3) is 5.91 Å². The first-order valence-corrected chi connectivity index (χ1v) is 12.5. The fraction of sp³-hybridized carbons (Fsp3) is 0.345. The lowest BCUT2D eigenvalue weighted by Crippen LogP contribution is -2.48. The van der Waals surface area contributed by atoms with Crippen LogP contribution in [0.25, 0.3) is 0 Å². The van der Waals surface area contributed by atoms with E-state index >= 15 is 0 Å². The number of likely N-dealkylation sites (tertiary alicyclic amines) is 1. The van der Waals surface area contributed by atoms with Gasteiger partial charge in [0.1, 0.15) is 5.82 Å². The van der Waals surface area contributed by atoms with Crippen molar-refractivity contribution in [2.45, 2.75) is 12.1 Å². The largest absolute Gasteiger partial charge is 0.416 e. The zero-order valence-corrected chi connectivity index (χ0v) is 20.4. The third-order valence-electron chi connectivity index (χ3n) is 7.45. The van der Waals surface area contributed by atoms with E-state index in [0.717, 1.165) is 56.1 Å². The molecule has 5 rings (SSSR count). The molecule has 8 heteroatoms. The monoisotopic (exact) mass is 511 g/mol. The third-order valence-corrected chi connectivity index (χ3v) is 7.45. The average Bonchev–Trinajstić information content (AvgIpc) is 3.33. The van der Waals surface area contributed by atoms with Crippen molar-refractivity contribution in [1.29, 1.82) is 0 Å². The molecule has 0 unspecified atom stereocenters. The molecule has 2 aliphatic heterocycles. The van der Waals surface area contributed by atoms with E-state index in [1.807, 2.05) is 18.2 Å². The standard InChI is InChI=1S/C29H29F4N3O/c30-25-9-11-26(12-10-25)35-15-13-34(14-16-35)18-23-19-36(20-27(23)21-5-2-1-3-6-21)28(37)22-7-4-8-24(17-22)29(31,32)33/h1-12,17,23,27H,13-16,18-20H2/t23-,27-/m1/s1. The number of piperazine rings is 1. The van der Waals surface area contributed by atoms with Crippen LogP contribution in [0.4, 0.5) is 23.2 Å². The van der Waals surface area contributed by atoms with E-state index in [9.17, 15) is 22.4 Å². The zero-order chi connectivity index (χ0) is 26.0. The highest BCUT2D eigenvalue weighted by atomic mass is 19.4. The van der Waals surface area contributed by atoms with E-state index in [1.54, 1.807) is 17.0 Å². The van der Waals surface area contributed by atoms with E-state index in [4.69, 9.17) is 0 Å². The number of carbonyl (C=O) groups excluding carboxylic acids is 1. The number of alkyl halides is 3. The summed E-state index contributed by atoms with van der Waals surface area (Å²) < 4.78 is 52.9. The Labute approximate surface area is 214 Å². The molecule has 2 saturated heterocycles. The molecule has 4 nitrogen and oxygen atoms in total. The van der Waals surface area contributed by atoms with Gasteiger partial charge in [-0.1, -0.05) is 36.4 Å². The predicted molar refractivity (Wildman–Crippen MR) is 135 cm³/mol. The summed E-state index contributed by atoms with van der Waals surface area (Å²) in [6.45, 7) is 5.09. The maximum atomic E-state index is 13.3. The first kappa shape index (κ1) is 25.3. The molecule has 1 amide bonds. The van der Waals surface area contributed by atoms with Crippen LogP contribution in [-0.4, -0.2) is 61.5 Å². The van der Waals surface area contributed by atoms with Crippen LogP contribution in [-0.2, 0) is 6.18 Å². The van der Waals surface area contributed by atoms with Crippen LogP contribution in [0.2, 0.25) is 0 Å². The maximum absolute atomic E-state index is 13.3. The Hall–Kier alpha value is -3.39. The SMILES string of the molecule is O=C(c1cccc(C(F)(F)F)c1)N1C[C@@H](CN2CCN(c3ccc(F)cc3)CC2)[C@@H](c2ccccc2)C1. The van der Waals surface area contributed by atoms with Gasteiger partial charge in [-0.2, -0.15) is 13.2 Å². The highest BCUT2D eigenvalue weighted by Gasteiger charge is 2.38. The van der Waals surface area contributed by atoms with Crippen LogP contribution in [0.5, 0.6) is 0 Å². The summed E-state index contributed by atoms with van der Waals surface area (Å²) in [7, 11) is 0. The van der Waals surface area contributed by atoms with E-state index in [0.29, 0.717) is 13.1 Å². The van der Waals surface area contributed by atoms with E-state index in [-0.39, 0.29) is 29.1 Å². The van der Waals surface area contributed by atoms with Crippen molar-refractivity contribution >= 4 is 11.6 Å². The van der Waals surface area contributed by atoms with Crippen molar-refractivity contribution in [3.8, 4) is 0 Å². The second kappa shape index (κ2) is 10.5. The maximum Gasteiger partial charge on any atom is 0.416 e. The number of benzene rings is 3. The number of hydrogen-bond acceptors (Lipinski definition) is 3. The van der Waals surface area contributed by atoms with Gasteiger partial charge in [-0.25, -0.2) is 4.39 Å². The van der Waals surface area contributed by atoms with Crippen LogP contribution in [0.1, 0.15) is 27.4 Å². The molecule has 37 heavy (non-hydrogen) atoms. The lowest BCUT2D eigenvalue weighted by molar-refractivity contribution is -0.137. The Morgan fingerprint density at radius 2 is 1.54 bits per heavy atom. The molecule has 3 aromatic carbocycles. The van der Waals surface area contributed by atoms with Crippen molar-refractivity contribution in [2.75, 3.05) is 50.7 Å². The van der Waals surface area contributed by atoms with Gasteiger partial charge >= 0.3 is 6.18 Å². The number of halogens is 4. The number of hydrogen-bond donors (Lipinski definition) is 0. The predicted octanol–water partition coefficient (Wildman–Crippen LogP) is 5.52. The fourth-order valence-electron chi connectivity index (χ4n) is 5.48. The molecule has 0 saturated carbocycles. The summed E-state index contributed by atoms with van der Waals surface area (Å²) in [6.07, 6.45) is -4.49. The van der Waals surface area contributed by atoms with Crippen LogP contribution >= 0.6 is 0 Å². The third kappa shape index (κ3) is 5.80. The Morgan fingerprint density at radius 3 is 2.22 bits per heavy atom. The van der Waals surface area contributed by atoms with Gasteiger partial charge in [-0.3, -0.25) is 9.69 Å². The van der Waals surface area contributed by atoms with Crippen LogP contribution in [0.3, 0.4) is 0 Å². The minimum Gasteiger partial charge on any atom is -0.369 e. The molecule has 2 heterocycles. The average molecular weight is 512 g/mol. The molecular formula is C29H29F4N3O. The molecule has 0 N–H and O–H groups in total. The Bertz CT molecular complexity index is 1210. The molecule has 0 bridgehead atoms. The minimum atomic E-state index is -4.49. The Kier molecular flexibility index (Phi) is 7.20. The van der Waals surface area contributed by atoms with Crippen molar-refractivity contribution in [3.05, 3.63) is 101 Å². The first-order valence-electron chi connectivity index (χ1n) is 12.5. The number of rotatable bonds is 5. The number of anilines is 1. The van der Waals surface area contributed by atoms with E-state index in [1.165, 1.54) is 24.3 Å². The van der Waals surface area contributed by atoms with E-state index in [2.05, 4.69) is 21.9 Å². The summed E-state index contributed by atoms with van der Waals surface area (Å²) in [5, 5.41) is 0. The zero-order valence-electron chi connectivity index (χ0n) is 20.4. The molecular weight excluding hydrogens is 482 g/mol. The Morgan fingerprint density at radius 1 is 0.838 bits per heavy atom. The lowest BCUT2D eigenvalue weighted by Gasteiger charge is -2.37. The molecule has 0 aliphatic carbocycles. The second-order valence-electron chi connectivity index (χ2n) is 9.83. The van der Waals surface area contributed by atoms with Gasteiger partial charge < -0.3 is 9.80 Å². The van der Waals surface area contributed by atoms with Gasteiger partial charge in [-0.05, 0) is 53.9 Å². The first-order chi connectivity index (χ1) is 17.8. The highest BCUT2D eigenvalue weighted by Crippen LogP contribution is 2.35. The van der Waals surface area contributed by atoms with Gasteiger partial charge in [-0.15, -0.1) is 0 Å². The van der Waals surface area contributed by atoms with Crippen molar-refractivity contribution in [3.63, 3.8) is 0 Å². The summed E-state index contributed by atoms with van der Waals surface area (Å²) in [5.74, 6) is -0.351. The van der Waals surface area contributed by atoms with E-state index < -0.39 is 11.7 Å².